The SMILES string of the molecule is COc1cc2ncnc(N3CCC(n4nnc5ccccc54)CC3)c2cc1OC. The average Bonchev–Trinajstić information content (AvgIpc) is 3.22. The molecule has 0 unspecified atom stereocenters. The fourth-order valence-corrected chi connectivity index (χ4v) is 4.10. The molecule has 0 spiro atoms. The van der Waals surface area contributed by atoms with E-state index in [-0.39, 0.29) is 0 Å². The highest BCUT2D eigenvalue weighted by Gasteiger charge is 2.25. The number of para-hydroxylation sites is 1. The molecule has 29 heavy (non-hydrogen) atoms. The molecule has 3 heterocycles. The molecule has 1 fully saturated rings. The predicted molar refractivity (Wildman–Crippen MR) is 111 cm³/mol. The van der Waals surface area contributed by atoms with Crippen LogP contribution < -0.4 is 14.4 Å². The average molecular weight is 390 g/mol. The molecule has 148 valence electrons. The summed E-state index contributed by atoms with van der Waals surface area (Å²) in [4.78, 5) is 11.3. The summed E-state index contributed by atoms with van der Waals surface area (Å²) >= 11 is 0. The van der Waals surface area contributed by atoms with Crippen LogP contribution in [0.1, 0.15) is 18.9 Å². The molecule has 0 saturated carbocycles. The van der Waals surface area contributed by atoms with Crippen molar-refractivity contribution in [3.05, 3.63) is 42.7 Å². The van der Waals surface area contributed by atoms with E-state index in [9.17, 15) is 0 Å². The molecule has 0 radical (unpaired) electrons. The van der Waals surface area contributed by atoms with Gasteiger partial charge in [0, 0.05) is 24.5 Å². The third-order valence-corrected chi connectivity index (χ3v) is 5.61. The van der Waals surface area contributed by atoms with Gasteiger partial charge < -0.3 is 14.4 Å². The highest BCUT2D eigenvalue weighted by molar-refractivity contribution is 5.92. The van der Waals surface area contributed by atoms with Gasteiger partial charge in [-0.2, -0.15) is 0 Å². The molecule has 5 rings (SSSR count). The van der Waals surface area contributed by atoms with Crippen LogP contribution in [0.4, 0.5) is 5.82 Å². The van der Waals surface area contributed by atoms with Crippen molar-refractivity contribution in [1.29, 1.82) is 0 Å². The molecule has 1 aliphatic heterocycles. The molecule has 8 nitrogen and oxygen atoms in total. The van der Waals surface area contributed by atoms with Gasteiger partial charge in [0.15, 0.2) is 11.5 Å². The van der Waals surface area contributed by atoms with E-state index in [2.05, 4.69) is 35.9 Å². The molecule has 4 aromatic rings. The number of benzene rings is 2. The Bertz CT molecular complexity index is 1170. The largest absolute Gasteiger partial charge is 0.493 e. The Morgan fingerprint density at radius 2 is 1.69 bits per heavy atom. The Balaban J connectivity index is 1.42. The van der Waals surface area contributed by atoms with E-state index in [1.165, 1.54) is 0 Å². The van der Waals surface area contributed by atoms with E-state index >= 15 is 0 Å². The summed E-state index contributed by atoms with van der Waals surface area (Å²) in [6, 6.07) is 12.3. The molecule has 0 N–H and O–H groups in total. The minimum Gasteiger partial charge on any atom is -0.493 e. The fraction of sp³-hybridized carbons (Fsp3) is 0.333. The van der Waals surface area contributed by atoms with Gasteiger partial charge in [0.25, 0.3) is 0 Å². The van der Waals surface area contributed by atoms with Gasteiger partial charge in [-0.1, -0.05) is 17.3 Å². The van der Waals surface area contributed by atoms with Gasteiger partial charge in [-0.05, 0) is 31.0 Å². The molecule has 0 bridgehead atoms. The number of nitrogens with zero attached hydrogens (tertiary/aromatic N) is 6. The fourth-order valence-electron chi connectivity index (χ4n) is 4.10. The van der Waals surface area contributed by atoms with Crippen molar-refractivity contribution < 1.29 is 9.47 Å². The number of hydrogen-bond donors (Lipinski definition) is 0. The second-order valence-electron chi connectivity index (χ2n) is 7.16. The Morgan fingerprint density at radius 3 is 2.48 bits per heavy atom. The maximum atomic E-state index is 5.48. The lowest BCUT2D eigenvalue weighted by atomic mass is 10.0. The highest BCUT2D eigenvalue weighted by Crippen LogP contribution is 2.36. The number of hydrogen-bond acceptors (Lipinski definition) is 7. The summed E-state index contributed by atoms with van der Waals surface area (Å²) in [6.45, 7) is 1.78. The smallest absolute Gasteiger partial charge is 0.162 e. The molecule has 2 aromatic heterocycles. The predicted octanol–water partition coefficient (Wildman–Crippen LogP) is 3.23. The van der Waals surface area contributed by atoms with Crippen molar-refractivity contribution in [1.82, 2.24) is 25.0 Å². The highest BCUT2D eigenvalue weighted by atomic mass is 16.5. The zero-order chi connectivity index (χ0) is 19.8. The van der Waals surface area contributed by atoms with Crippen molar-refractivity contribution in [2.45, 2.75) is 18.9 Å². The molecule has 0 atom stereocenters. The van der Waals surface area contributed by atoms with E-state index in [4.69, 9.17) is 9.47 Å². The van der Waals surface area contributed by atoms with Crippen LogP contribution in [0.5, 0.6) is 11.5 Å². The molecule has 1 aliphatic rings. The van der Waals surface area contributed by atoms with Gasteiger partial charge in [-0.25, -0.2) is 14.6 Å². The van der Waals surface area contributed by atoms with Gasteiger partial charge >= 0.3 is 0 Å². The molecule has 0 aliphatic carbocycles. The van der Waals surface area contributed by atoms with Crippen molar-refractivity contribution in [3.63, 3.8) is 0 Å². The summed E-state index contributed by atoms with van der Waals surface area (Å²) in [5.41, 5.74) is 2.88. The van der Waals surface area contributed by atoms with Crippen LogP contribution >= 0.6 is 0 Å². The standard InChI is InChI=1S/C21H22N6O2/c1-28-19-11-15-17(12-20(19)29-2)22-13-23-21(15)26-9-7-14(8-10-26)27-18-6-4-3-5-16(18)24-25-27/h3-6,11-14H,7-10H2,1-2H3. The van der Waals surface area contributed by atoms with Gasteiger partial charge in [0.1, 0.15) is 17.7 Å². The third-order valence-electron chi connectivity index (χ3n) is 5.61. The van der Waals surface area contributed by atoms with Crippen molar-refractivity contribution in [3.8, 4) is 11.5 Å². The summed E-state index contributed by atoms with van der Waals surface area (Å²) in [6.07, 6.45) is 3.57. The number of rotatable bonds is 4. The first-order valence-electron chi connectivity index (χ1n) is 9.70. The number of piperidine rings is 1. The Hall–Kier alpha value is -3.42. The summed E-state index contributed by atoms with van der Waals surface area (Å²) < 4.78 is 12.9. The first kappa shape index (κ1) is 17.7. The number of aromatic nitrogens is 5. The van der Waals surface area contributed by atoms with Gasteiger partial charge in [-0.3, -0.25) is 0 Å². The van der Waals surface area contributed by atoms with Crippen LogP contribution in [0.2, 0.25) is 0 Å². The van der Waals surface area contributed by atoms with Crippen molar-refractivity contribution >= 4 is 27.8 Å². The van der Waals surface area contributed by atoms with E-state index < -0.39 is 0 Å². The molecular weight excluding hydrogens is 368 g/mol. The van der Waals surface area contributed by atoms with Gasteiger partial charge in [-0.15, -0.1) is 5.10 Å². The Kier molecular flexibility index (Phi) is 4.38. The Labute approximate surface area is 168 Å². The summed E-state index contributed by atoms with van der Waals surface area (Å²) in [5.74, 6) is 2.28. The van der Waals surface area contributed by atoms with Crippen molar-refractivity contribution in [2.24, 2.45) is 0 Å². The first-order valence-corrected chi connectivity index (χ1v) is 9.70. The molecule has 1 saturated heterocycles. The van der Waals surface area contributed by atoms with E-state index in [0.717, 1.165) is 53.7 Å². The first-order chi connectivity index (χ1) is 14.3. The van der Waals surface area contributed by atoms with Gasteiger partial charge in [0.2, 0.25) is 0 Å². The summed E-state index contributed by atoms with van der Waals surface area (Å²) in [5, 5.41) is 9.67. The maximum absolute atomic E-state index is 5.48. The third kappa shape index (κ3) is 3.00. The van der Waals surface area contributed by atoms with E-state index in [1.54, 1.807) is 20.5 Å². The molecule has 2 aromatic carbocycles. The van der Waals surface area contributed by atoms with Crippen LogP contribution in [0.15, 0.2) is 42.7 Å². The Morgan fingerprint density at radius 1 is 0.931 bits per heavy atom. The quantitative estimate of drug-likeness (QED) is 0.529. The molecular formula is C21H22N6O2. The minimum atomic E-state index is 0.335. The normalized spacial score (nSPS) is 15.2. The van der Waals surface area contributed by atoms with Crippen molar-refractivity contribution in [2.75, 3.05) is 32.2 Å². The number of methoxy groups -OCH3 is 2. The minimum absolute atomic E-state index is 0.335. The zero-order valence-electron chi connectivity index (χ0n) is 16.4. The number of ether oxygens (including phenoxy) is 2. The van der Waals surface area contributed by atoms with Gasteiger partial charge in [0.05, 0.1) is 31.3 Å². The second-order valence-corrected chi connectivity index (χ2v) is 7.16. The lowest BCUT2D eigenvalue weighted by molar-refractivity contribution is 0.355. The molecule has 8 heteroatoms. The van der Waals surface area contributed by atoms with Crippen LogP contribution in [0.25, 0.3) is 21.9 Å². The topological polar surface area (TPSA) is 78.2 Å². The van der Waals surface area contributed by atoms with E-state index in [1.807, 2.05) is 30.3 Å². The monoisotopic (exact) mass is 390 g/mol. The summed E-state index contributed by atoms with van der Waals surface area (Å²) in [7, 11) is 3.27. The van der Waals surface area contributed by atoms with Crippen LogP contribution in [0.3, 0.4) is 0 Å². The lowest BCUT2D eigenvalue weighted by Gasteiger charge is -2.33. The number of fused-ring (bicyclic) bond motifs is 2. The van der Waals surface area contributed by atoms with Crippen LogP contribution in [-0.2, 0) is 0 Å². The van der Waals surface area contributed by atoms with E-state index in [0.29, 0.717) is 17.5 Å². The number of anilines is 1. The molecule has 0 amide bonds. The lowest BCUT2D eigenvalue weighted by Crippen LogP contribution is -2.35. The second kappa shape index (κ2) is 7.20. The van der Waals surface area contributed by atoms with Crippen LogP contribution in [0, 0.1) is 0 Å². The van der Waals surface area contributed by atoms with Crippen LogP contribution in [-0.4, -0.2) is 52.3 Å². The zero-order valence-corrected chi connectivity index (χ0v) is 16.4. The maximum Gasteiger partial charge on any atom is 0.162 e.